The number of alkyl halides is 2. The highest BCUT2D eigenvalue weighted by atomic mass is 19.1. The minimum atomic E-state index is -2.13. The lowest BCUT2D eigenvalue weighted by atomic mass is 9.43. The molecule has 1 saturated heterocycles. The molecule has 9 atom stereocenters. The number of hydrogen-bond acceptors (Lipinski definition) is 5. The Morgan fingerprint density at radius 3 is 2.73 bits per heavy atom. The lowest BCUT2D eigenvalue weighted by Gasteiger charge is -2.63. The van der Waals surface area contributed by atoms with Crippen LogP contribution in [0.25, 0.3) is 0 Å². The largest absolute Gasteiger partial charge is 0.390 e. The van der Waals surface area contributed by atoms with Gasteiger partial charge in [-0.2, -0.15) is 0 Å². The van der Waals surface area contributed by atoms with Gasteiger partial charge in [-0.3, -0.25) is 9.59 Å². The molecule has 1 heterocycles. The molecular formula is C23H29F2NO4. The minimum absolute atomic E-state index is 0.0657. The van der Waals surface area contributed by atoms with Crippen molar-refractivity contribution < 1.29 is 28.6 Å². The van der Waals surface area contributed by atoms with Crippen molar-refractivity contribution >= 4 is 11.6 Å². The summed E-state index contributed by atoms with van der Waals surface area (Å²) < 4.78 is 32.4. The van der Waals surface area contributed by atoms with E-state index >= 15 is 8.78 Å². The molecule has 3 saturated carbocycles. The maximum Gasteiger partial charge on any atom is 0.178 e. The number of aliphatic hydroxyl groups is 2. The third-order valence-corrected chi connectivity index (χ3v) is 9.71. The quantitative estimate of drug-likeness (QED) is 0.632. The first kappa shape index (κ1) is 20.5. The molecule has 5 aliphatic rings. The number of carbonyl (C=O) groups is 2. The highest BCUT2D eigenvalue weighted by Crippen LogP contribution is 2.73. The first-order valence-corrected chi connectivity index (χ1v) is 10.9. The summed E-state index contributed by atoms with van der Waals surface area (Å²) in [7, 11) is 0. The van der Waals surface area contributed by atoms with Crippen molar-refractivity contribution in [3.8, 4) is 0 Å². The average Bonchev–Trinajstić information content (AvgIpc) is 3.23. The van der Waals surface area contributed by atoms with Crippen molar-refractivity contribution in [2.75, 3.05) is 19.7 Å². The lowest BCUT2D eigenvalue weighted by molar-refractivity contribution is -0.211. The topological polar surface area (TPSA) is 86.6 Å². The monoisotopic (exact) mass is 421 g/mol. The van der Waals surface area contributed by atoms with Gasteiger partial charge in [0.15, 0.2) is 17.2 Å². The SMILES string of the molecule is C[C@]12C=CC(=O)C=C1[C@@H](F)C[C@H]1[C@@H]3C[C@H]4CNC[C@@]4(C(=O)CO)[C@@]3(C)C[C@H](O)[C@@]12F. The van der Waals surface area contributed by atoms with E-state index in [4.69, 9.17) is 0 Å². The summed E-state index contributed by atoms with van der Waals surface area (Å²) in [5, 5.41) is 24.3. The molecule has 0 amide bonds. The smallest absolute Gasteiger partial charge is 0.178 e. The van der Waals surface area contributed by atoms with Gasteiger partial charge in [0, 0.05) is 17.9 Å². The zero-order valence-electron chi connectivity index (χ0n) is 17.3. The Balaban J connectivity index is 1.66. The van der Waals surface area contributed by atoms with Gasteiger partial charge < -0.3 is 15.5 Å². The Labute approximate surface area is 174 Å². The zero-order chi connectivity index (χ0) is 21.7. The molecule has 0 spiro atoms. The molecule has 30 heavy (non-hydrogen) atoms. The summed E-state index contributed by atoms with van der Waals surface area (Å²) in [4.78, 5) is 24.9. The Bertz CT molecular complexity index is 888. The van der Waals surface area contributed by atoms with E-state index in [9.17, 15) is 19.8 Å². The number of nitrogens with one attached hydrogen (secondary N) is 1. The van der Waals surface area contributed by atoms with Crippen LogP contribution in [0.2, 0.25) is 0 Å². The molecule has 0 aromatic carbocycles. The molecule has 7 heteroatoms. The Morgan fingerprint density at radius 1 is 1.30 bits per heavy atom. The Morgan fingerprint density at radius 2 is 2.03 bits per heavy atom. The lowest BCUT2D eigenvalue weighted by Crippen LogP contribution is -2.69. The van der Waals surface area contributed by atoms with Gasteiger partial charge in [0.05, 0.1) is 11.5 Å². The summed E-state index contributed by atoms with van der Waals surface area (Å²) in [6.07, 6.45) is 1.51. The van der Waals surface area contributed by atoms with Crippen LogP contribution in [0, 0.1) is 34.0 Å². The normalized spacial score (nSPS) is 54.1. The van der Waals surface area contributed by atoms with Gasteiger partial charge >= 0.3 is 0 Å². The molecule has 4 fully saturated rings. The molecule has 0 unspecified atom stereocenters. The second-order valence-electron chi connectivity index (χ2n) is 10.5. The van der Waals surface area contributed by atoms with Gasteiger partial charge in [-0.25, -0.2) is 8.78 Å². The van der Waals surface area contributed by atoms with E-state index in [0.717, 1.165) is 0 Å². The molecule has 164 valence electrons. The number of aliphatic hydroxyl groups excluding tert-OH is 2. The second kappa shape index (κ2) is 6.08. The number of hydrogen-bond donors (Lipinski definition) is 3. The van der Waals surface area contributed by atoms with Crippen molar-refractivity contribution in [2.45, 2.75) is 51.1 Å². The van der Waals surface area contributed by atoms with Crippen LogP contribution in [-0.4, -0.2) is 59.4 Å². The molecule has 5 nitrogen and oxygen atoms in total. The van der Waals surface area contributed by atoms with E-state index in [2.05, 4.69) is 5.32 Å². The van der Waals surface area contributed by atoms with E-state index in [1.54, 1.807) is 6.92 Å². The van der Waals surface area contributed by atoms with Crippen molar-refractivity contribution in [1.29, 1.82) is 0 Å². The summed E-state index contributed by atoms with van der Waals surface area (Å²) in [5.41, 5.74) is -5.05. The minimum Gasteiger partial charge on any atom is -0.390 e. The van der Waals surface area contributed by atoms with Gasteiger partial charge in [0.25, 0.3) is 0 Å². The van der Waals surface area contributed by atoms with Crippen molar-refractivity contribution in [3.63, 3.8) is 0 Å². The summed E-state index contributed by atoms with van der Waals surface area (Å²) in [6.45, 7) is 3.89. The van der Waals surface area contributed by atoms with Crippen LogP contribution < -0.4 is 5.32 Å². The van der Waals surface area contributed by atoms with Crippen molar-refractivity contribution in [2.24, 2.45) is 34.0 Å². The average molecular weight is 421 g/mol. The molecule has 0 bridgehead atoms. The van der Waals surface area contributed by atoms with Crippen LogP contribution in [0.5, 0.6) is 0 Å². The standard InChI is InChI=1S/C23H29F2NO4/c1-20-4-3-13(28)6-16(20)17(24)7-15-14-5-12-9-26-11-22(12,19(30)10-27)21(14,2)8-18(29)23(15,20)25/h3-4,6,12,14-15,17-18,26-27,29H,5,7-11H2,1-2H3/t12-,14-,15-,17-,18-,20-,21-,22+,23-/m0/s1. The van der Waals surface area contributed by atoms with Crippen LogP contribution in [0.15, 0.2) is 23.8 Å². The van der Waals surface area contributed by atoms with E-state index < -0.39 is 46.7 Å². The molecular weight excluding hydrogens is 392 g/mol. The van der Waals surface area contributed by atoms with E-state index in [-0.39, 0.29) is 41.8 Å². The molecule has 0 aromatic heterocycles. The predicted octanol–water partition coefficient (Wildman–Crippen LogP) is 1.68. The van der Waals surface area contributed by atoms with Gasteiger partial charge in [0.1, 0.15) is 12.8 Å². The fourth-order valence-electron chi connectivity index (χ4n) is 8.31. The highest BCUT2D eigenvalue weighted by Gasteiger charge is 2.77. The predicted molar refractivity (Wildman–Crippen MR) is 105 cm³/mol. The molecule has 0 aromatic rings. The summed E-state index contributed by atoms with van der Waals surface area (Å²) >= 11 is 0. The van der Waals surface area contributed by atoms with Gasteiger partial charge in [-0.15, -0.1) is 0 Å². The van der Waals surface area contributed by atoms with Crippen LogP contribution in [0.1, 0.15) is 33.1 Å². The summed E-state index contributed by atoms with van der Waals surface area (Å²) in [6, 6.07) is 0. The maximum atomic E-state index is 17.1. The number of halogens is 2. The zero-order valence-corrected chi connectivity index (χ0v) is 17.3. The number of fused-ring (bicyclic) bond motifs is 7. The van der Waals surface area contributed by atoms with Crippen LogP contribution >= 0.6 is 0 Å². The first-order chi connectivity index (χ1) is 14.1. The number of ketones is 2. The molecule has 0 radical (unpaired) electrons. The van der Waals surface area contributed by atoms with Crippen molar-refractivity contribution in [3.05, 3.63) is 23.8 Å². The molecule has 3 N–H and O–H groups in total. The van der Waals surface area contributed by atoms with Crippen LogP contribution in [-0.2, 0) is 9.59 Å². The van der Waals surface area contributed by atoms with Crippen LogP contribution in [0.3, 0.4) is 0 Å². The number of allylic oxidation sites excluding steroid dienone is 4. The molecule has 1 aliphatic heterocycles. The second-order valence-corrected chi connectivity index (χ2v) is 10.5. The molecule has 5 rings (SSSR count). The fourth-order valence-corrected chi connectivity index (χ4v) is 8.31. The van der Waals surface area contributed by atoms with E-state index in [1.165, 1.54) is 18.2 Å². The molecule has 4 aliphatic carbocycles. The Kier molecular flexibility index (Phi) is 4.15. The van der Waals surface area contributed by atoms with Gasteiger partial charge in [-0.05, 0) is 67.7 Å². The van der Waals surface area contributed by atoms with Gasteiger partial charge in [0.2, 0.25) is 0 Å². The van der Waals surface area contributed by atoms with Gasteiger partial charge in [-0.1, -0.05) is 13.0 Å². The number of Topliss-reactive ketones (excluding diaryl/α,β-unsaturated/α-hetero) is 1. The maximum absolute atomic E-state index is 17.1. The number of carbonyl (C=O) groups excluding carboxylic acids is 2. The van der Waals surface area contributed by atoms with Crippen molar-refractivity contribution in [1.82, 2.24) is 5.32 Å². The summed E-state index contributed by atoms with van der Waals surface area (Å²) in [5.74, 6) is -1.79. The third kappa shape index (κ3) is 2.03. The third-order valence-electron chi connectivity index (χ3n) is 9.71. The fraction of sp³-hybridized carbons (Fsp3) is 0.739. The highest BCUT2D eigenvalue weighted by molar-refractivity contribution is 6.01. The number of rotatable bonds is 2. The van der Waals surface area contributed by atoms with E-state index in [0.29, 0.717) is 19.5 Å². The van der Waals surface area contributed by atoms with E-state index in [1.807, 2.05) is 6.92 Å². The van der Waals surface area contributed by atoms with Crippen LogP contribution in [0.4, 0.5) is 8.78 Å². The first-order valence-electron chi connectivity index (χ1n) is 10.9. The Hall–Kier alpha value is -1.44.